The first kappa shape index (κ1) is 28.3. The Hall–Kier alpha value is -4.21. The summed E-state index contributed by atoms with van der Waals surface area (Å²) in [4.78, 5) is 32.9. The molecule has 0 amide bonds. The number of hydrogen-bond donors (Lipinski definition) is 0. The molecule has 0 aliphatic carbocycles. The quantitative estimate of drug-likeness (QED) is 0.186. The highest BCUT2D eigenvalue weighted by atomic mass is 79.9. The number of aromatic nitrogens is 1. The topological polar surface area (TPSA) is 79.1 Å². The van der Waals surface area contributed by atoms with Gasteiger partial charge in [0.2, 0.25) is 0 Å². The van der Waals surface area contributed by atoms with Crippen LogP contribution < -0.4 is 24.4 Å². The summed E-state index contributed by atoms with van der Waals surface area (Å²) < 4.78 is 19.3. The minimum atomic E-state index is -0.755. The number of carbonyl (C=O) groups is 1. The largest absolute Gasteiger partial charge is 0.497 e. The molecule has 208 valence electrons. The summed E-state index contributed by atoms with van der Waals surface area (Å²) in [5, 5.41) is 0. The van der Waals surface area contributed by atoms with Crippen molar-refractivity contribution in [1.29, 1.82) is 0 Å². The molecule has 1 aromatic heterocycles. The molecule has 41 heavy (non-hydrogen) atoms. The van der Waals surface area contributed by atoms with E-state index in [1.807, 2.05) is 78.9 Å². The Labute approximate surface area is 249 Å². The lowest BCUT2D eigenvalue weighted by atomic mass is 9.93. The summed E-state index contributed by atoms with van der Waals surface area (Å²) in [5.74, 6) is 0.816. The number of fused-ring (bicyclic) bond motifs is 1. The van der Waals surface area contributed by atoms with E-state index >= 15 is 0 Å². The number of nitrogens with zero attached hydrogens (tertiary/aromatic N) is 2. The summed E-state index contributed by atoms with van der Waals surface area (Å²) in [6.07, 6.45) is 3.49. The second-order valence-electron chi connectivity index (χ2n) is 8.99. The second-order valence-corrected chi connectivity index (χ2v) is 10.9. The molecule has 0 N–H and O–H groups in total. The molecular weight excluding hydrogens is 604 g/mol. The fourth-order valence-electron chi connectivity index (χ4n) is 4.57. The van der Waals surface area contributed by atoms with Gasteiger partial charge in [0.05, 0.1) is 40.0 Å². The van der Waals surface area contributed by atoms with Gasteiger partial charge in [-0.2, -0.15) is 0 Å². The van der Waals surface area contributed by atoms with Crippen LogP contribution in [0, 0.1) is 0 Å². The van der Waals surface area contributed by atoms with Gasteiger partial charge in [-0.1, -0.05) is 72.5 Å². The first-order valence-corrected chi connectivity index (χ1v) is 14.5. The van der Waals surface area contributed by atoms with Gasteiger partial charge in [-0.25, -0.2) is 9.79 Å². The molecular formula is C32H27BrN2O5S. The Morgan fingerprint density at radius 1 is 1.12 bits per heavy atom. The lowest BCUT2D eigenvalue weighted by molar-refractivity contribution is -0.138. The standard InChI is InChI=1S/C32H27BrN2O5S/c1-4-17-40-25-16-11-20(18-24(25)33)19-26-30(36)35-29(22-12-14-23(38-3)15-13-22)27(31(37)39-5-2)28(34-32(35)41-26)21-9-7-6-8-10-21/h4,6-16,18-19,29H,1,5,17H2,2-3H3/b26-19-/t29-/m1/s1. The first-order chi connectivity index (χ1) is 19.9. The van der Waals surface area contributed by atoms with Crippen LogP contribution in [0.25, 0.3) is 11.8 Å². The molecule has 1 atom stereocenters. The zero-order chi connectivity index (χ0) is 28.9. The van der Waals surface area contributed by atoms with Crippen molar-refractivity contribution >= 4 is 45.0 Å². The van der Waals surface area contributed by atoms with Crippen LogP contribution in [0.4, 0.5) is 0 Å². The summed E-state index contributed by atoms with van der Waals surface area (Å²) in [6.45, 7) is 6.00. The number of thiazole rings is 1. The van der Waals surface area contributed by atoms with Crippen molar-refractivity contribution in [1.82, 2.24) is 4.57 Å². The van der Waals surface area contributed by atoms with Crippen LogP contribution in [0.3, 0.4) is 0 Å². The average molecular weight is 632 g/mol. The fraction of sp³-hybridized carbons (Fsp3) is 0.156. The zero-order valence-electron chi connectivity index (χ0n) is 22.5. The molecule has 4 aromatic rings. The summed E-state index contributed by atoms with van der Waals surface area (Å²) >= 11 is 4.81. The van der Waals surface area contributed by atoms with Crippen molar-refractivity contribution in [2.24, 2.45) is 4.99 Å². The second kappa shape index (κ2) is 12.5. The van der Waals surface area contributed by atoms with E-state index < -0.39 is 12.0 Å². The minimum absolute atomic E-state index is 0.186. The third-order valence-electron chi connectivity index (χ3n) is 6.42. The van der Waals surface area contributed by atoms with E-state index in [4.69, 9.17) is 19.2 Å². The van der Waals surface area contributed by atoms with Crippen LogP contribution in [-0.2, 0) is 9.53 Å². The van der Waals surface area contributed by atoms with Crippen molar-refractivity contribution in [3.05, 3.63) is 132 Å². The lowest BCUT2D eigenvalue weighted by Crippen LogP contribution is -2.40. The van der Waals surface area contributed by atoms with Gasteiger partial charge in [0.25, 0.3) is 5.56 Å². The zero-order valence-corrected chi connectivity index (χ0v) is 24.9. The van der Waals surface area contributed by atoms with E-state index in [0.717, 1.165) is 21.2 Å². The molecule has 7 nitrogen and oxygen atoms in total. The van der Waals surface area contributed by atoms with Gasteiger partial charge in [0.15, 0.2) is 4.80 Å². The maximum Gasteiger partial charge on any atom is 0.338 e. The molecule has 2 heterocycles. The van der Waals surface area contributed by atoms with E-state index in [1.165, 1.54) is 11.3 Å². The van der Waals surface area contributed by atoms with Gasteiger partial charge < -0.3 is 14.2 Å². The summed E-state index contributed by atoms with van der Waals surface area (Å²) in [6, 6.07) is 21.6. The first-order valence-electron chi connectivity index (χ1n) is 12.9. The van der Waals surface area contributed by atoms with E-state index in [9.17, 15) is 9.59 Å². The average Bonchev–Trinajstić information content (AvgIpc) is 3.30. The smallest absolute Gasteiger partial charge is 0.338 e. The Bertz CT molecular complexity index is 1810. The minimum Gasteiger partial charge on any atom is -0.497 e. The number of methoxy groups -OCH3 is 1. The van der Waals surface area contributed by atoms with Crippen LogP contribution in [-0.4, -0.2) is 30.9 Å². The van der Waals surface area contributed by atoms with Gasteiger partial charge in [-0.15, -0.1) is 0 Å². The molecule has 0 bridgehead atoms. The maximum atomic E-state index is 14.0. The van der Waals surface area contributed by atoms with E-state index in [2.05, 4.69) is 22.5 Å². The van der Waals surface area contributed by atoms with E-state index in [0.29, 0.717) is 38.7 Å². The third kappa shape index (κ3) is 5.82. The van der Waals surface area contributed by atoms with Gasteiger partial charge in [-0.3, -0.25) is 9.36 Å². The molecule has 0 radical (unpaired) electrons. The van der Waals surface area contributed by atoms with E-state index in [1.54, 1.807) is 24.7 Å². The van der Waals surface area contributed by atoms with Crippen molar-refractivity contribution in [3.8, 4) is 11.5 Å². The number of rotatable bonds is 9. The number of hydrogen-bond acceptors (Lipinski definition) is 7. The molecule has 0 fully saturated rings. The Balaban J connectivity index is 1.74. The number of ether oxygens (including phenoxy) is 3. The molecule has 3 aromatic carbocycles. The van der Waals surface area contributed by atoms with Crippen molar-refractivity contribution in [2.75, 3.05) is 20.3 Å². The highest BCUT2D eigenvalue weighted by molar-refractivity contribution is 9.10. The predicted octanol–water partition coefficient (Wildman–Crippen LogP) is 5.27. The maximum absolute atomic E-state index is 14.0. The molecule has 1 aliphatic rings. The third-order valence-corrected chi connectivity index (χ3v) is 8.02. The highest BCUT2D eigenvalue weighted by Crippen LogP contribution is 2.35. The van der Waals surface area contributed by atoms with Crippen LogP contribution >= 0.6 is 27.3 Å². The van der Waals surface area contributed by atoms with Gasteiger partial charge in [0.1, 0.15) is 18.1 Å². The van der Waals surface area contributed by atoms with Crippen molar-refractivity contribution < 1.29 is 19.0 Å². The van der Waals surface area contributed by atoms with E-state index in [-0.39, 0.29) is 12.2 Å². The monoisotopic (exact) mass is 630 g/mol. The summed E-state index contributed by atoms with van der Waals surface area (Å²) in [7, 11) is 1.59. The van der Waals surface area contributed by atoms with Crippen LogP contribution in [0.15, 0.2) is 105 Å². The Kier molecular flexibility index (Phi) is 8.66. The molecule has 0 saturated heterocycles. The van der Waals surface area contributed by atoms with Crippen molar-refractivity contribution in [2.45, 2.75) is 13.0 Å². The Morgan fingerprint density at radius 3 is 2.54 bits per heavy atom. The van der Waals surface area contributed by atoms with Crippen molar-refractivity contribution in [3.63, 3.8) is 0 Å². The number of carbonyl (C=O) groups excluding carboxylic acids is 1. The molecule has 9 heteroatoms. The molecule has 0 unspecified atom stereocenters. The van der Waals surface area contributed by atoms with Gasteiger partial charge >= 0.3 is 5.97 Å². The number of esters is 1. The predicted molar refractivity (Wildman–Crippen MR) is 164 cm³/mol. The van der Waals surface area contributed by atoms with Crippen LogP contribution in [0.2, 0.25) is 0 Å². The highest BCUT2D eigenvalue weighted by Gasteiger charge is 2.35. The van der Waals surface area contributed by atoms with Gasteiger partial charge in [-0.05, 0) is 64.3 Å². The SMILES string of the molecule is C=CCOc1ccc(/C=c2\sc3n(c2=O)[C@H](c2ccc(OC)cc2)C(C(=O)OCC)=C(c2ccccc2)N=3)cc1Br. The Morgan fingerprint density at radius 2 is 1.88 bits per heavy atom. The number of benzene rings is 3. The fourth-order valence-corrected chi connectivity index (χ4v) is 6.08. The van der Waals surface area contributed by atoms with Crippen LogP contribution in [0.1, 0.15) is 29.7 Å². The molecule has 0 spiro atoms. The molecule has 1 aliphatic heterocycles. The lowest BCUT2D eigenvalue weighted by Gasteiger charge is -2.26. The molecule has 5 rings (SSSR count). The molecule has 0 saturated carbocycles. The summed E-state index contributed by atoms with van der Waals surface area (Å²) in [5.41, 5.74) is 2.81. The normalized spacial score (nSPS) is 14.7. The number of halogens is 1. The van der Waals surface area contributed by atoms with Gasteiger partial charge in [0, 0.05) is 5.56 Å². The van der Waals surface area contributed by atoms with Crippen LogP contribution in [0.5, 0.6) is 11.5 Å².